The first-order valence-corrected chi connectivity index (χ1v) is 10.8. The second-order valence-electron chi connectivity index (χ2n) is 6.11. The molecule has 0 amide bonds. The van der Waals surface area contributed by atoms with Crippen molar-refractivity contribution in [2.75, 3.05) is 19.8 Å². The summed E-state index contributed by atoms with van der Waals surface area (Å²) in [5.41, 5.74) is 0. The van der Waals surface area contributed by atoms with Gasteiger partial charge in [-0.2, -0.15) is 0 Å². The average Bonchev–Trinajstić information content (AvgIpc) is 2.64. The van der Waals surface area contributed by atoms with Gasteiger partial charge in [-0.05, 0) is 43.2 Å². The summed E-state index contributed by atoms with van der Waals surface area (Å²) < 4.78 is 46.3. The van der Waals surface area contributed by atoms with Crippen LogP contribution in [-0.4, -0.2) is 32.9 Å². The molecule has 0 unspecified atom stereocenters. The molecule has 26 heavy (non-hydrogen) atoms. The van der Waals surface area contributed by atoms with E-state index in [-0.39, 0.29) is 21.2 Å². The Bertz CT molecular complexity index is 856. The Labute approximate surface area is 162 Å². The van der Waals surface area contributed by atoms with Crippen LogP contribution < -0.4 is 4.72 Å². The van der Waals surface area contributed by atoms with Crippen molar-refractivity contribution < 1.29 is 17.5 Å². The largest absolute Gasteiger partial charge is 0.381 e. The monoisotopic (exact) mass is 415 g/mol. The standard InChI is InChI=1S/C18H19ClFNO3S2/c19-16-12-15(6-7-17(16)20)26(22,23)21-13-18(8-10-24-11-9-18)25-14-4-2-1-3-5-14/h1-7,12,21H,8-11,13H2. The van der Waals surface area contributed by atoms with Gasteiger partial charge in [0.15, 0.2) is 0 Å². The zero-order valence-electron chi connectivity index (χ0n) is 14.0. The van der Waals surface area contributed by atoms with E-state index in [0.717, 1.165) is 29.9 Å². The lowest BCUT2D eigenvalue weighted by Gasteiger charge is -2.36. The molecule has 1 aliphatic heterocycles. The summed E-state index contributed by atoms with van der Waals surface area (Å²) in [6.07, 6.45) is 1.47. The molecule has 0 aliphatic carbocycles. The van der Waals surface area contributed by atoms with E-state index in [2.05, 4.69) is 4.72 Å². The molecule has 0 radical (unpaired) electrons. The van der Waals surface area contributed by atoms with E-state index in [4.69, 9.17) is 16.3 Å². The van der Waals surface area contributed by atoms with Crippen molar-refractivity contribution in [1.82, 2.24) is 4.72 Å². The van der Waals surface area contributed by atoms with Gasteiger partial charge in [0.2, 0.25) is 10.0 Å². The molecular formula is C18H19ClFNO3S2. The molecule has 3 rings (SSSR count). The average molecular weight is 416 g/mol. The number of ether oxygens (including phenoxy) is 1. The summed E-state index contributed by atoms with van der Waals surface area (Å²) in [7, 11) is -3.78. The highest BCUT2D eigenvalue weighted by Gasteiger charge is 2.35. The third-order valence-corrected chi connectivity index (χ3v) is 7.45. The van der Waals surface area contributed by atoms with Crippen molar-refractivity contribution in [1.29, 1.82) is 0 Å². The molecule has 1 aliphatic rings. The molecule has 0 aromatic heterocycles. The van der Waals surface area contributed by atoms with E-state index >= 15 is 0 Å². The van der Waals surface area contributed by atoms with E-state index < -0.39 is 15.8 Å². The number of benzene rings is 2. The van der Waals surface area contributed by atoms with E-state index in [1.165, 1.54) is 6.07 Å². The Kier molecular flexibility index (Phi) is 6.25. The van der Waals surface area contributed by atoms with Gasteiger partial charge >= 0.3 is 0 Å². The minimum atomic E-state index is -3.78. The molecule has 2 aromatic carbocycles. The SMILES string of the molecule is O=S(=O)(NCC1(Sc2ccccc2)CCOCC1)c1ccc(F)c(Cl)c1. The van der Waals surface area contributed by atoms with Crippen LogP contribution in [0.25, 0.3) is 0 Å². The van der Waals surface area contributed by atoms with Crippen LogP contribution in [0, 0.1) is 5.82 Å². The van der Waals surface area contributed by atoms with Gasteiger partial charge in [-0.1, -0.05) is 29.8 Å². The number of thioether (sulfide) groups is 1. The van der Waals surface area contributed by atoms with Crippen molar-refractivity contribution in [2.24, 2.45) is 0 Å². The van der Waals surface area contributed by atoms with Gasteiger partial charge in [0, 0.05) is 29.4 Å². The maximum Gasteiger partial charge on any atom is 0.240 e. The topological polar surface area (TPSA) is 55.4 Å². The van der Waals surface area contributed by atoms with E-state index in [1.807, 2.05) is 30.3 Å². The Morgan fingerprint density at radius 2 is 1.85 bits per heavy atom. The molecule has 1 saturated heterocycles. The lowest BCUT2D eigenvalue weighted by molar-refractivity contribution is 0.0784. The van der Waals surface area contributed by atoms with Crippen molar-refractivity contribution in [2.45, 2.75) is 27.4 Å². The number of nitrogens with one attached hydrogen (secondary N) is 1. The number of hydrogen-bond donors (Lipinski definition) is 1. The molecular weight excluding hydrogens is 397 g/mol. The summed E-state index contributed by atoms with van der Waals surface area (Å²) in [4.78, 5) is 1.04. The number of rotatable bonds is 6. The number of hydrogen-bond acceptors (Lipinski definition) is 4. The van der Waals surface area contributed by atoms with Crippen LogP contribution in [0.1, 0.15) is 12.8 Å². The van der Waals surface area contributed by atoms with Crippen LogP contribution in [0.5, 0.6) is 0 Å². The lowest BCUT2D eigenvalue weighted by atomic mass is 9.99. The fourth-order valence-corrected chi connectivity index (χ4v) is 5.55. The van der Waals surface area contributed by atoms with Crippen LogP contribution in [-0.2, 0) is 14.8 Å². The molecule has 1 fully saturated rings. The molecule has 140 valence electrons. The van der Waals surface area contributed by atoms with E-state index in [9.17, 15) is 12.8 Å². The smallest absolute Gasteiger partial charge is 0.240 e. The van der Waals surface area contributed by atoms with Crippen LogP contribution in [0.4, 0.5) is 4.39 Å². The van der Waals surface area contributed by atoms with Gasteiger partial charge in [0.25, 0.3) is 0 Å². The Hall–Kier alpha value is -1.12. The molecule has 0 atom stereocenters. The quantitative estimate of drug-likeness (QED) is 0.771. The normalized spacial score (nSPS) is 17.2. The van der Waals surface area contributed by atoms with Gasteiger partial charge < -0.3 is 4.74 Å². The molecule has 8 heteroatoms. The van der Waals surface area contributed by atoms with Crippen molar-refractivity contribution in [3.8, 4) is 0 Å². The molecule has 1 N–H and O–H groups in total. The van der Waals surface area contributed by atoms with Gasteiger partial charge in [-0.25, -0.2) is 17.5 Å². The van der Waals surface area contributed by atoms with Crippen molar-refractivity contribution in [3.63, 3.8) is 0 Å². The van der Waals surface area contributed by atoms with Crippen LogP contribution in [0.2, 0.25) is 5.02 Å². The van der Waals surface area contributed by atoms with Crippen molar-refractivity contribution >= 4 is 33.4 Å². The van der Waals surface area contributed by atoms with Crippen LogP contribution in [0.3, 0.4) is 0 Å². The predicted molar refractivity (Wildman–Crippen MR) is 102 cm³/mol. The minimum Gasteiger partial charge on any atom is -0.381 e. The lowest BCUT2D eigenvalue weighted by Crippen LogP contribution is -2.44. The first-order valence-electron chi connectivity index (χ1n) is 8.17. The molecule has 0 saturated carbocycles. The zero-order valence-corrected chi connectivity index (χ0v) is 16.3. The van der Waals surface area contributed by atoms with Crippen LogP contribution in [0.15, 0.2) is 58.3 Å². The molecule has 1 heterocycles. The Morgan fingerprint density at radius 1 is 1.15 bits per heavy atom. The van der Waals surface area contributed by atoms with E-state index in [0.29, 0.717) is 13.2 Å². The Balaban J connectivity index is 1.77. The first kappa shape index (κ1) is 19.6. The molecule has 0 spiro atoms. The Morgan fingerprint density at radius 3 is 2.50 bits per heavy atom. The highest BCUT2D eigenvalue weighted by atomic mass is 35.5. The number of halogens is 2. The predicted octanol–water partition coefficient (Wildman–Crippen LogP) is 4.10. The van der Waals surface area contributed by atoms with E-state index in [1.54, 1.807) is 11.8 Å². The highest BCUT2D eigenvalue weighted by molar-refractivity contribution is 8.00. The maximum atomic E-state index is 13.3. The van der Waals surface area contributed by atoms with Crippen molar-refractivity contribution in [3.05, 3.63) is 59.4 Å². The molecule has 4 nitrogen and oxygen atoms in total. The zero-order chi connectivity index (χ0) is 18.6. The second-order valence-corrected chi connectivity index (χ2v) is 9.83. The number of sulfonamides is 1. The maximum absolute atomic E-state index is 13.3. The fraction of sp³-hybridized carbons (Fsp3) is 0.333. The summed E-state index contributed by atoms with van der Waals surface area (Å²) in [6.45, 7) is 1.43. The summed E-state index contributed by atoms with van der Waals surface area (Å²) in [5, 5.41) is -0.215. The molecule has 2 aromatic rings. The van der Waals surface area contributed by atoms with Gasteiger partial charge in [0.1, 0.15) is 5.82 Å². The first-order chi connectivity index (χ1) is 12.4. The summed E-state index contributed by atoms with van der Waals surface area (Å²) in [6, 6.07) is 13.3. The van der Waals surface area contributed by atoms with Gasteiger partial charge in [-0.15, -0.1) is 11.8 Å². The van der Waals surface area contributed by atoms with Crippen LogP contribution >= 0.6 is 23.4 Å². The third-order valence-electron chi connectivity index (χ3n) is 4.27. The second kappa shape index (κ2) is 8.27. The highest BCUT2D eigenvalue weighted by Crippen LogP contribution is 2.40. The third kappa shape index (κ3) is 4.78. The summed E-state index contributed by atoms with van der Waals surface area (Å²) in [5.74, 6) is -0.647. The molecule has 0 bridgehead atoms. The van der Waals surface area contributed by atoms with Gasteiger partial charge in [-0.3, -0.25) is 0 Å². The minimum absolute atomic E-state index is 0.0455. The fourth-order valence-electron chi connectivity index (χ4n) is 2.75. The van der Waals surface area contributed by atoms with Gasteiger partial charge in [0.05, 0.1) is 9.92 Å². The summed E-state index contributed by atoms with van der Waals surface area (Å²) >= 11 is 7.38.